The van der Waals surface area contributed by atoms with Crippen LogP contribution in [0.4, 0.5) is 17.1 Å². The second kappa shape index (κ2) is 15.6. The molecule has 0 unspecified atom stereocenters. The van der Waals surface area contributed by atoms with Gasteiger partial charge < -0.3 is 9.47 Å². The van der Waals surface area contributed by atoms with E-state index in [0.717, 1.165) is 33.8 Å². The predicted molar refractivity (Wildman–Crippen MR) is 275 cm³/mol. The summed E-state index contributed by atoms with van der Waals surface area (Å²) in [7, 11) is 0. The Kier molecular flexibility index (Phi) is 9.21. The number of nitrogens with zero attached hydrogens (tertiary/aromatic N) is 2. The van der Waals surface area contributed by atoms with E-state index < -0.39 is 0 Å². The van der Waals surface area contributed by atoms with E-state index in [2.05, 4.69) is 266 Å². The maximum Gasteiger partial charge on any atom is 0.0547 e. The lowest BCUT2D eigenvalue weighted by molar-refractivity contribution is 0.660. The number of anilines is 3. The zero-order chi connectivity index (χ0) is 43.5. The van der Waals surface area contributed by atoms with Gasteiger partial charge in [0, 0.05) is 38.9 Å². The number of rotatable bonds is 8. The molecule has 10 aromatic carbocycles. The van der Waals surface area contributed by atoms with Crippen LogP contribution in [-0.2, 0) is 5.41 Å². The quantitative estimate of drug-likeness (QED) is 0.148. The average molecular weight is 831 g/mol. The van der Waals surface area contributed by atoms with Crippen LogP contribution in [0.15, 0.2) is 243 Å². The highest BCUT2D eigenvalue weighted by molar-refractivity contribution is 6.10. The van der Waals surface area contributed by atoms with Crippen LogP contribution in [0, 0.1) is 0 Å². The number of fused-ring (bicyclic) bond motifs is 6. The van der Waals surface area contributed by atoms with Crippen molar-refractivity contribution in [2.45, 2.75) is 19.3 Å². The molecule has 0 amide bonds. The largest absolute Gasteiger partial charge is 0.310 e. The van der Waals surface area contributed by atoms with Gasteiger partial charge in [-0.15, -0.1) is 0 Å². The summed E-state index contributed by atoms with van der Waals surface area (Å²) >= 11 is 0. The molecule has 2 nitrogen and oxygen atoms in total. The van der Waals surface area contributed by atoms with Crippen LogP contribution in [0.2, 0.25) is 0 Å². The van der Waals surface area contributed by atoms with E-state index in [4.69, 9.17) is 0 Å². The third-order valence-electron chi connectivity index (χ3n) is 13.6. The van der Waals surface area contributed by atoms with Crippen molar-refractivity contribution in [2.24, 2.45) is 0 Å². The molecule has 0 atom stereocenters. The predicted octanol–water partition coefficient (Wildman–Crippen LogP) is 17.2. The van der Waals surface area contributed by atoms with Crippen LogP contribution in [0.25, 0.3) is 83.1 Å². The van der Waals surface area contributed by atoms with Gasteiger partial charge in [-0.05, 0) is 140 Å². The van der Waals surface area contributed by atoms with E-state index >= 15 is 0 Å². The minimum atomic E-state index is -0.0882. The molecule has 1 aromatic heterocycles. The van der Waals surface area contributed by atoms with Crippen molar-refractivity contribution >= 4 is 38.9 Å². The lowest BCUT2D eigenvalue weighted by Crippen LogP contribution is -2.15. The molecular formula is C63H46N2. The highest BCUT2D eigenvalue weighted by Crippen LogP contribution is 2.50. The lowest BCUT2D eigenvalue weighted by atomic mass is 9.82. The third kappa shape index (κ3) is 6.65. The molecule has 0 aliphatic heterocycles. The van der Waals surface area contributed by atoms with Gasteiger partial charge in [-0.3, -0.25) is 0 Å². The second-order valence-electron chi connectivity index (χ2n) is 17.8. The number of hydrogen-bond donors (Lipinski definition) is 0. The summed E-state index contributed by atoms with van der Waals surface area (Å²) in [6, 6.07) is 88.8. The number of hydrogen-bond acceptors (Lipinski definition) is 1. The first-order valence-electron chi connectivity index (χ1n) is 22.6. The Morgan fingerprint density at radius 3 is 1.57 bits per heavy atom. The van der Waals surface area contributed by atoms with Gasteiger partial charge in [0.2, 0.25) is 0 Å². The molecule has 1 aliphatic rings. The van der Waals surface area contributed by atoms with Gasteiger partial charge in [-0.2, -0.15) is 0 Å². The molecule has 0 saturated carbocycles. The zero-order valence-electron chi connectivity index (χ0n) is 36.5. The average Bonchev–Trinajstić information content (AvgIpc) is 3.82. The molecule has 1 heterocycles. The van der Waals surface area contributed by atoms with Crippen molar-refractivity contribution in [3.63, 3.8) is 0 Å². The van der Waals surface area contributed by atoms with Crippen LogP contribution in [0.5, 0.6) is 0 Å². The fourth-order valence-corrected chi connectivity index (χ4v) is 10.3. The maximum atomic E-state index is 2.47. The van der Waals surface area contributed by atoms with E-state index in [0.29, 0.717) is 0 Å². The summed E-state index contributed by atoms with van der Waals surface area (Å²) in [5.74, 6) is 0. The topological polar surface area (TPSA) is 8.17 Å². The Hall–Kier alpha value is -8.20. The van der Waals surface area contributed by atoms with E-state index in [9.17, 15) is 0 Å². The first kappa shape index (κ1) is 38.5. The number of para-hydroxylation sites is 2. The summed E-state index contributed by atoms with van der Waals surface area (Å²) in [6.45, 7) is 4.72. The maximum absolute atomic E-state index is 2.47. The minimum Gasteiger partial charge on any atom is -0.310 e. The first-order chi connectivity index (χ1) is 32.0. The van der Waals surface area contributed by atoms with E-state index in [-0.39, 0.29) is 5.41 Å². The van der Waals surface area contributed by atoms with Crippen LogP contribution in [0.3, 0.4) is 0 Å². The van der Waals surface area contributed by atoms with Gasteiger partial charge in [0.05, 0.1) is 11.0 Å². The summed E-state index contributed by atoms with van der Waals surface area (Å²) in [5.41, 5.74) is 21.7. The normalized spacial score (nSPS) is 12.6. The van der Waals surface area contributed by atoms with Gasteiger partial charge in [-0.25, -0.2) is 0 Å². The molecule has 0 saturated heterocycles. The third-order valence-corrected chi connectivity index (χ3v) is 13.6. The fraction of sp³-hybridized carbons (Fsp3) is 0.0476. The van der Waals surface area contributed by atoms with Crippen molar-refractivity contribution in [1.29, 1.82) is 0 Å². The van der Waals surface area contributed by atoms with E-state index in [1.807, 2.05) is 0 Å². The Morgan fingerprint density at radius 2 is 0.815 bits per heavy atom. The van der Waals surface area contributed by atoms with Crippen LogP contribution in [0.1, 0.15) is 25.0 Å². The van der Waals surface area contributed by atoms with E-state index in [1.165, 1.54) is 77.6 Å². The van der Waals surface area contributed by atoms with Crippen molar-refractivity contribution in [2.75, 3.05) is 4.90 Å². The van der Waals surface area contributed by atoms with Gasteiger partial charge in [0.25, 0.3) is 0 Å². The summed E-state index contributed by atoms with van der Waals surface area (Å²) < 4.78 is 2.47. The molecular weight excluding hydrogens is 785 g/mol. The Balaban J connectivity index is 0.985. The molecule has 1 aliphatic carbocycles. The summed E-state index contributed by atoms with van der Waals surface area (Å²) in [5, 5.41) is 2.51. The highest BCUT2D eigenvalue weighted by Gasteiger charge is 2.35. The Labute approximate surface area is 381 Å². The monoisotopic (exact) mass is 830 g/mol. The lowest BCUT2D eigenvalue weighted by Gasteiger charge is -2.27. The smallest absolute Gasteiger partial charge is 0.0547 e. The molecule has 65 heavy (non-hydrogen) atoms. The van der Waals surface area contributed by atoms with Crippen LogP contribution >= 0.6 is 0 Å². The van der Waals surface area contributed by atoms with E-state index in [1.54, 1.807) is 0 Å². The van der Waals surface area contributed by atoms with Gasteiger partial charge in [0.1, 0.15) is 0 Å². The van der Waals surface area contributed by atoms with Crippen LogP contribution in [-0.4, -0.2) is 4.57 Å². The standard InChI is InChI=1S/C63H46N2/c1-63(2)59-27-14-12-25-55(59)56-36-34-53(42-60(56)63)65-61-28-15-13-26-57(61)58-35-31-48(41-62(58)65)46-21-16-22-47(37-46)50-38-49(44-19-8-4-9-20-44)39-54(40-50)64(51-23-10-5-11-24-51)52-32-29-45(30-33-52)43-17-6-3-7-18-43/h3-42H,1-2H3. The minimum absolute atomic E-state index is 0.0882. The van der Waals surface area contributed by atoms with Crippen molar-refractivity contribution < 1.29 is 0 Å². The van der Waals surface area contributed by atoms with Crippen LogP contribution < -0.4 is 4.90 Å². The molecule has 11 aromatic rings. The SMILES string of the molecule is CC1(C)c2ccccc2-c2ccc(-n3c4ccccc4c4ccc(-c5cccc(-c6cc(-c7ccccc7)cc(N(c7ccccc7)c7ccc(-c8ccccc8)cc7)c6)c5)cc43)cc21. The molecule has 0 radical (unpaired) electrons. The molecule has 0 spiro atoms. The Bertz CT molecular complexity index is 3550. The van der Waals surface area contributed by atoms with Gasteiger partial charge in [0.15, 0.2) is 0 Å². The Morgan fingerprint density at radius 1 is 0.308 bits per heavy atom. The molecule has 308 valence electrons. The summed E-state index contributed by atoms with van der Waals surface area (Å²) in [6.07, 6.45) is 0. The molecule has 12 rings (SSSR count). The first-order valence-corrected chi connectivity index (χ1v) is 22.6. The van der Waals surface area contributed by atoms with Crippen molar-refractivity contribution in [3.05, 3.63) is 254 Å². The van der Waals surface area contributed by atoms with Gasteiger partial charge in [-0.1, -0.05) is 184 Å². The molecule has 2 heteroatoms. The van der Waals surface area contributed by atoms with Gasteiger partial charge >= 0.3 is 0 Å². The van der Waals surface area contributed by atoms with Crippen molar-refractivity contribution in [1.82, 2.24) is 4.57 Å². The second-order valence-corrected chi connectivity index (χ2v) is 17.8. The number of aromatic nitrogens is 1. The zero-order valence-corrected chi connectivity index (χ0v) is 36.5. The van der Waals surface area contributed by atoms with Crippen molar-refractivity contribution in [3.8, 4) is 61.3 Å². The highest BCUT2D eigenvalue weighted by atomic mass is 15.1. The molecule has 0 N–H and O–H groups in total. The number of benzene rings is 10. The summed E-state index contributed by atoms with van der Waals surface area (Å²) in [4.78, 5) is 2.38. The molecule has 0 bridgehead atoms. The molecule has 0 fully saturated rings. The fourth-order valence-electron chi connectivity index (χ4n) is 10.3.